The number of carbonyl (C=O) groups is 2. The van der Waals surface area contributed by atoms with E-state index < -0.39 is 23.6 Å². The van der Waals surface area contributed by atoms with E-state index in [9.17, 15) is 22.8 Å². The first kappa shape index (κ1) is 21.9. The van der Waals surface area contributed by atoms with Gasteiger partial charge in [0.1, 0.15) is 0 Å². The van der Waals surface area contributed by atoms with Gasteiger partial charge in [-0.05, 0) is 56.0 Å². The number of carbonyl (C=O) groups excluding carboxylic acids is 2. The van der Waals surface area contributed by atoms with Gasteiger partial charge in [-0.3, -0.25) is 9.59 Å². The average Bonchev–Trinajstić information content (AvgIpc) is 2.73. The van der Waals surface area contributed by atoms with Crippen LogP contribution < -0.4 is 10.6 Å². The summed E-state index contributed by atoms with van der Waals surface area (Å²) in [6, 6.07) is 12.1. The molecule has 0 saturated carbocycles. The molecule has 1 atom stereocenters. The van der Waals surface area contributed by atoms with E-state index in [0.29, 0.717) is 29.7 Å². The highest BCUT2D eigenvalue weighted by molar-refractivity contribution is 6.09. The second-order valence-electron chi connectivity index (χ2n) is 8.15. The van der Waals surface area contributed by atoms with E-state index >= 15 is 0 Å². The minimum Gasteiger partial charge on any atom is -0.362 e. The summed E-state index contributed by atoms with van der Waals surface area (Å²) in [5.41, 5.74) is 3.30. The van der Waals surface area contributed by atoms with Crippen LogP contribution in [0.15, 0.2) is 71.1 Å². The molecule has 2 aromatic carbocycles. The van der Waals surface area contributed by atoms with Crippen molar-refractivity contribution >= 4 is 17.4 Å². The smallest absolute Gasteiger partial charge is 0.362 e. The van der Waals surface area contributed by atoms with Gasteiger partial charge in [0.15, 0.2) is 5.78 Å². The Morgan fingerprint density at radius 2 is 1.81 bits per heavy atom. The van der Waals surface area contributed by atoms with Gasteiger partial charge in [-0.25, -0.2) is 0 Å². The number of hydrogen-bond acceptors (Lipinski definition) is 3. The second-order valence-corrected chi connectivity index (χ2v) is 8.15. The van der Waals surface area contributed by atoms with Crippen LogP contribution in [0.4, 0.5) is 18.9 Å². The van der Waals surface area contributed by atoms with Crippen LogP contribution in [-0.2, 0) is 15.8 Å². The Labute approximate surface area is 184 Å². The first-order chi connectivity index (χ1) is 15.2. The number of alkyl halides is 3. The van der Waals surface area contributed by atoms with E-state index in [-0.39, 0.29) is 11.5 Å². The van der Waals surface area contributed by atoms with Crippen LogP contribution in [0.3, 0.4) is 0 Å². The van der Waals surface area contributed by atoms with Crippen LogP contribution >= 0.6 is 0 Å². The molecule has 1 aliphatic heterocycles. The lowest BCUT2D eigenvalue weighted by atomic mass is 9.74. The number of nitrogens with one attached hydrogen (secondary N) is 2. The first-order valence-electron chi connectivity index (χ1n) is 10.4. The molecular weight excluding hydrogens is 417 g/mol. The Morgan fingerprint density at radius 1 is 1.06 bits per heavy atom. The molecule has 4 nitrogen and oxygen atoms in total. The molecule has 1 amide bonds. The summed E-state index contributed by atoms with van der Waals surface area (Å²) in [5, 5.41) is 5.83. The third-order valence-electron chi connectivity index (χ3n) is 5.97. The van der Waals surface area contributed by atoms with Crippen LogP contribution in [0.25, 0.3) is 0 Å². The van der Waals surface area contributed by atoms with E-state index in [2.05, 4.69) is 10.6 Å². The van der Waals surface area contributed by atoms with Gasteiger partial charge in [0.25, 0.3) is 5.91 Å². The molecule has 0 unspecified atom stereocenters. The molecule has 0 spiro atoms. The van der Waals surface area contributed by atoms with Crippen LogP contribution in [0.2, 0.25) is 0 Å². The van der Waals surface area contributed by atoms with Gasteiger partial charge in [-0.1, -0.05) is 30.3 Å². The van der Waals surface area contributed by atoms with Crippen molar-refractivity contribution in [2.24, 2.45) is 0 Å². The number of benzene rings is 2. The van der Waals surface area contributed by atoms with Gasteiger partial charge < -0.3 is 10.6 Å². The molecule has 0 aromatic heterocycles. The molecule has 7 heteroatoms. The molecule has 32 heavy (non-hydrogen) atoms. The maximum atomic E-state index is 13.4. The molecule has 0 saturated heterocycles. The highest BCUT2D eigenvalue weighted by Crippen LogP contribution is 2.43. The summed E-state index contributed by atoms with van der Waals surface area (Å²) >= 11 is 0. The van der Waals surface area contributed by atoms with Gasteiger partial charge in [0, 0.05) is 40.6 Å². The number of rotatable bonds is 3. The summed E-state index contributed by atoms with van der Waals surface area (Å²) in [5.74, 6) is -1.12. The normalized spacial score (nSPS) is 18.9. The average molecular weight is 440 g/mol. The Morgan fingerprint density at radius 3 is 2.53 bits per heavy atom. The van der Waals surface area contributed by atoms with Crippen molar-refractivity contribution in [2.45, 2.75) is 45.2 Å². The van der Waals surface area contributed by atoms with Crippen molar-refractivity contribution < 1.29 is 22.8 Å². The molecule has 2 aromatic rings. The van der Waals surface area contributed by atoms with E-state index in [1.54, 1.807) is 6.92 Å². The fraction of sp³-hybridized carbons (Fsp3) is 0.280. The van der Waals surface area contributed by atoms with Crippen molar-refractivity contribution in [1.29, 1.82) is 0 Å². The summed E-state index contributed by atoms with van der Waals surface area (Å²) in [6.07, 6.45) is -2.65. The van der Waals surface area contributed by atoms with E-state index in [1.165, 1.54) is 12.1 Å². The maximum Gasteiger partial charge on any atom is 0.416 e. The van der Waals surface area contributed by atoms with Crippen LogP contribution in [0.1, 0.15) is 48.8 Å². The molecule has 166 valence electrons. The van der Waals surface area contributed by atoms with Gasteiger partial charge in [-0.15, -0.1) is 0 Å². The predicted molar refractivity (Wildman–Crippen MR) is 116 cm³/mol. The van der Waals surface area contributed by atoms with Crippen molar-refractivity contribution in [1.82, 2.24) is 5.32 Å². The Balaban J connectivity index is 1.77. The lowest BCUT2D eigenvalue weighted by Gasteiger charge is -2.35. The van der Waals surface area contributed by atoms with Crippen molar-refractivity contribution in [2.75, 3.05) is 5.32 Å². The van der Waals surface area contributed by atoms with Gasteiger partial charge in [0.05, 0.1) is 5.56 Å². The summed E-state index contributed by atoms with van der Waals surface area (Å²) in [6.45, 7) is 3.68. The zero-order valence-corrected chi connectivity index (χ0v) is 17.8. The molecule has 2 N–H and O–H groups in total. The Bertz CT molecular complexity index is 1160. The number of halogens is 3. The molecule has 4 rings (SSSR count). The van der Waals surface area contributed by atoms with E-state index in [1.807, 2.05) is 31.2 Å². The fourth-order valence-electron chi connectivity index (χ4n) is 4.48. The monoisotopic (exact) mass is 440 g/mol. The quantitative estimate of drug-likeness (QED) is 0.651. The Kier molecular flexibility index (Phi) is 5.67. The minimum atomic E-state index is -4.51. The SMILES string of the molecule is CC1=C(C(=O)Nc2cccc(C(F)(F)F)c2)[C@@H](c2ccccc2C)C2=C(CCCC2=O)N1. The molecule has 2 aliphatic rings. The summed E-state index contributed by atoms with van der Waals surface area (Å²) in [4.78, 5) is 26.3. The maximum absolute atomic E-state index is 13.4. The fourth-order valence-corrected chi connectivity index (χ4v) is 4.48. The number of allylic oxidation sites excluding steroid dienone is 3. The largest absolute Gasteiger partial charge is 0.416 e. The van der Waals surface area contributed by atoms with Gasteiger partial charge in [0.2, 0.25) is 0 Å². The molecule has 1 heterocycles. The van der Waals surface area contributed by atoms with Crippen molar-refractivity contribution in [3.63, 3.8) is 0 Å². The number of hydrogen-bond donors (Lipinski definition) is 2. The molecule has 0 fully saturated rings. The molecule has 1 aliphatic carbocycles. The van der Waals surface area contributed by atoms with E-state index in [4.69, 9.17) is 0 Å². The number of Topliss-reactive ketones (excluding diaryl/α,β-unsaturated/α-hetero) is 1. The first-order valence-corrected chi connectivity index (χ1v) is 10.4. The molecule has 0 radical (unpaired) electrons. The lowest BCUT2D eigenvalue weighted by molar-refractivity contribution is -0.137. The summed E-state index contributed by atoms with van der Waals surface area (Å²) < 4.78 is 39.3. The number of ketones is 1. The van der Waals surface area contributed by atoms with Crippen LogP contribution in [-0.4, -0.2) is 11.7 Å². The number of anilines is 1. The Hall–Kier alpha value is -3.35. The second kappa shape index (κ2) is 8.30. The highest BCUT2D eigenvalue weighted by atomic mass is 19.4. The number of amides is 1. The number of aryl methyl sites for hydroxylation is 1. The number of dihydropyridines is 1. The topological polar surface area (TPSA) is 58.2 Å². The van der Waals surface area contributed by atoms with Crippen LogP contribution in [0.5, 0.6) is 0 Å². The van der Waals surface area contributed by atoms with Gasteiger partial charge >= 0.3 is 6.18 Å². The third kappa shape index (κ3) is 4.07. The predicted octanol–water partition coefficient (Wildman–Crippen LogP) is 5.62. The summed E-state index contributed by atoms with van der Waals surface area (Å²) in [7, 11) is 0. The third-order valence-corrected chi connectivity index (χ3v) is 5.97. The standard InChI is InChI=1S/C25H23F3N2O2/c1-14-7-3-4-10-18(14)22-21(15(2)29-19-11-6-12-20(31)23(19)22)24(32)30-17-9-5-8-16(13-17)25(26,27)28/h3-5,7-10,13,22,29H,6,11-12H2,1-2H3,(H,30,32)/t22-/m1/s1. The molecular formula is C25H23F3N2O2. The lowest BCUT2D eigenvalue weighted by Crippen LogP contribution is -2.35. The van der Waals surface area contributed by atoms with Crippen molar-refractivity contribution in [3.05, 3.63) is 87.8 Å². The van der Waals surface area contributed by atoms with Crippen molar-refractivity contribution in [3.8, 4) is 0 Å². The minimum absolute atomic E-state index is 0.0103. The van der Waals surface area contributed by atoms with Crippen LogP contribution in [0, 0.1) is 6.92 Å². The zero-order valence-electron chi connectivity index (χ0n) is 17.8. The highest BCUT2D eigenvalue weighted by Gasteiger charge is 2.39. The zero-order chi connectivity index (χ0) is 23.0. The van der Waals surface area contributed by atoms with E-state index in [0.717, 1.165) is 35.4 Å². The molecule has 0 bridgehead atoms. The van der Waals surface area contributed by atoms with Gasteiger partial charge in [-0.2, -0.15) is 13.2 Å².